The largest absolute Gasteiger partial charge is 0.396 e. The molecule has 0 saturated carbocycles. The van der Waals surface area contributed by atoms with Gasteiger partial charge in [-0.3, -0.25) is 4.79 Å². The minimum atomic E-state index is -0.195. The van der Waals surface area contributed by atoms with Crippen molar-refractivity contribution < 1.29 is 19.4 Å². The van der Waals surface area contributed by atoms with E-state index in [1.807, 2.05) is 0 Å². The monoisotopic (exact) mass is 219 g/mol. The molecule has 5 heteroatoms. The summed E-state index contributed by atoms with van der Waals surface area (Å²) < 4.78 is 10.0. The first-order valence-electron chi connectivity index (χ1n) is 5.17. The van der Waals surface area contributed by atoms with E-state index >= 15 is 0 Å². The van der Waals surface area contributed by atoms with Crippen molar-refractivity contribution in [2.24, 2.45) is 0 Å². The highest BCUT2D eigenvalue weighted by Crippen LogP contribution is 2.00. The molecule has 1 amide bonds. The molecule has 0 heterocycles. The lowest BCUT2D eigenvalue weighted by molar-refractivity contribution is -0.122. The molecule has 0 bridgehead atoms. The molecule has 0 aliphatic rings. The SMILES string of the molecule is COC(CCCNC(=O)CCCO)OC. The topological polar surface area (TPSA) is 67.8 Å². The van der Waals surface area contributed by atoms with Gasteiger partial charge in [0.25, 0.3) is 0 Å². The number of carbonyl (C=O) groups is 1. The minimum absolute atomic E-state index is 0.0181. The molecule has 0 spiro atoms. The average Bonchev–Trinajstić information content (AvgIpc) is 2.26. The Morgan fingerprint density at radius 1 is 1.33 bits per heavy atom. The summed E-state index contributed by atoms with van der Waals surface area (Å²) >= 11 is 0. The van der Waals surface area contributed by atoms with Crippen molar-refractivity contribution in [3.8, 4) is 0 Å². The summed E-state index contributed by atoms with van der Waals surface area (Å²) in [6.07, 6.45) is 2.28. The van der Waals surface area contributed by atoms with E-state index in [2.05, 4.69) is 5.32 Å². The summed E-state index contributed by atoms with van der Waals surface area (Å²) in [4.78, 5) is 11.1. The van der Waals surface area contributed by atoms with E-state index in [9.17, 15) is 4.79 Å². The Bertz CT molecular complexity index is 160. The highest BCUT2D eigenvalue weighted by molar-refractivity contribution is 5.75. The fourth-order valence-corrected chi connectivity index (χ4v) is 1.16. The summed E-state index contributed by atoms with van der Waals surface area (Å²) in [5, 5.41) is 11.3. The maximum atomic E-state index is 11.1. The molecule has 15 heavy (non-hydrogen) atoms. The van der Waals surface area contributed by atoms with Crippen LogP contribution in [0.5, 0.6) is 0 Å². The quantitative estimate of drug-likeness (QED) is 0.431. The Labute approximate surface area is 90.8 Å². The van der Waals surface area contributed by atoms with Crippen molar-refractivity contribution in [3.05, 3.63) is 0 Å². The first kappa shape index (κ1) is 14.3. The Balaban J connectivity index is 3.33. The Kier molecular flexibility index (Phi) is 9.46. The number of nitrogens with one attached hydrogen (secondary N) is 1. The summed E-state index contributed by atoms with van der Waals surface area (Å²) in [6, 6.07) is 0. The summed E-state index contributed by atoms with van der Waals surface area (Å²) in [5.41, 5.74) is 0. The van der Waals surface area contributed by atoms with Gasteiger partial charge in [0.05, 0.1) is 0 Å². The van der Waals surface area contributed by atoms with E-state index in [1.165, 1.54) is 0 Å². The van der Waals surface area contributed by atoms with Crippen LogP contribution in [0.15, 0.2) is 0 Å². The Morgan fingerprint density at radius 3 is 2.53 bits per heavy atom. The van der Waals surface area contributed by atoms with E-state index in [1.54, 1.807) is 14.2 Å². The number of hydrogen-bond acceptors (Lipinski definition) is 4. The zero-order chi connectivity index (χ0) is 11.5. The number of methoxy groups -OCH3 is 2. The maximum absolute atomic E-state index is 11.1. The highest BCUT2D eigenvalue weighted by atomic mass is 16.7. The predicted octanol–water partition coefficient (Wildman–Crippen LogP) is 0.274. The van der Waals surface area contributed by atoms with Crippen molar-refractivity contribution in [1.82, 2.24) is 5.32 Å². The standard InChI is InChI=1S/C10H21NO4/c1-14-10(15-2)6-3-7-11-9(13)5-4-8-12/h10,12H,3-8H2,1-2H3,(H,11,13). The van der Waals surface area contributed by atoms with Gasteiger partial charge in [-0.1, -0.05) is 0 Å². The van der Waals surface area contributed by atoms with E-state index in [-0.39, 0.29) is 18.8 Å². The van der Waals surface area contributed by atoms with Crippen LogP contribution in [-0.2, 0) is 14.3 Å². The minimum Gasteiger partial charge on any atom is -0.396 e. The summed E-state index contributed by atoms with van der Waals surface area (Å²) in [5.74, 6) is -0.0181. The lowest BCUT2D eigenvalue weighted by Gasteiger charge is -2.12. The molecule has 0 atom stereocenters. The predicted molar refractivity (Wildman–Crippen MR) is 56.4 cm³/mol. The smallest absolute Gasteiger partial charge is 0.220 e. The van der Waals surface area contributed by atoms with Crippen LogP contribution in [0.2, 0.25) is 0 Å². The van der Waals surface area contributed by atoms with E-state index in [0.717, 1.165) is 12.8 Å². The molecular weight excluding hydrogens is 198 g/mol. The first-order valence-corrected chi connectivity index (χ1v) is 5.17. The average molecular weight is 219 g/mol. The normalized spacial score (nSPS) is 10.7. The molecule has 0 aromatic rings. The molecule has 5 nitrogen and oxygen atoms in total. The number of aliphatic hydroxyl groups excluding tert-OH is 1. The zero-order valence-corrected chi connectivity index (χ0v) is 9.49. The van der Waals surface area contributed by atoms with Crippen molar-refractivity contribution in [2.45, 2.75) is 32.0 Å². The van der Waals surface area contributed by atoms with Crippen LogP contribution in [0.1, 0.15) is 25.7 Å². The second kappa shape index (κ2) is 9.89. The number of rotatable bonds is 9. The molecule has 0 saturated heterocycles. The van der Waals surface area contributed by atoms with Crippen LogP contribution in [0.25, 0.3) is 0 Å². The van der Waals surface area contributed by atoms with Crippen LogP contribution in [0.3, 0.4) is 0 Å². The molecule has 2 N–H and O–H groups in total. The van der Waals surface area contributed by atoms with Gasteiger partial charge in [0.2, 0.25) is 5.91 Å². The molecule has 0 aromatic heterocycles. The van der Waals surface area contributed by atoms with Gasteiger partial charge in [-0.2, -0.15) is 0 Å². The molecule has 0 radical (unpaired) electrons. The molecule has 0 aromatic carbocycles. The molecule has 0 unspecified atom stereocenters. The van der Waals surface area contributed by atoms with E-state index in [4.69, 9.17) is 14.6 Å². The van der Waals surface area contributed by atoms with Crippen molar-refractivity contribution in [1.29, 1.82) is 0 Å². The Hall–Kier alpha value is -0.650. The third-order valence-electron chi connectivity index (χ3n) is 2.03. The van der Waals surface area contributed by atoms with E-state index in [0.29, 0.717) is 19.4 Å². The second-order valence-corrected chi connectivity index (χ2v) is 3.22. The van der Waals surface area contributed by atoms with Crippen LogP contribution in [-0.4, -0.2) is 44.7 Å². The number of ether oxygens (including phenoxy) is 2. The summed E-state index contributed by atoms with van der Waals surface area (Å²) in [7, 11) is 3.18. The third kappa shape index (κ3) is 8.35. The van der Waals surface area contributed by atoms with Crippen molar-refractivity contribution >= 4 is 5.91 Å². The lowest BCUT2D eigenvalue weighted by Crippen LogP contribution is -2.25. The number of amides is 1. The van der Waals surface area contributed by atoms with Gasteiger partial charge in [-0.05, 0) is 12.8 Å². The van der Waals surface area contributed by atoms with Gasteiger partial charge >= 0.3 is 0 Å². The van der Waals surface area contributed by atoms with Gasteiger partial charge in [0, 0.05) is 40.2 Å². The maximum Gasteiger partial charge on any atom is 0.220 e. The van der Waals surface area contributed by atoms with Gasteiger partial charge in [0.15, 0.2) is 6.29 Å². The van der Waals surface area contributed by atoms with Crippen LogP contribution >= 0.6 is 0 Å². The molecule has 90 valence electrons. The fraction of sp³-hybridized carbons (Fsp3) is 0.900. The van der Waals surface area contributed by atoms with Crippen LogP contribution in [0.4, 0.5) is 0 Å². The number of hydrogen-bond donors (Lipinski definition) is 2. The first-order chi connectivity index (χ1) is 7.24. The van der Waals surface area contributed by atoms with Gasteiger partial charge in [0.1, 0.15) is 0 Å². The van der Waals surface area contributed by atoms with Gasteiger partial charge in [-0.25, -0.2) is 0 Å². The molecule has 0 fully saturated rings. The number of aliphatic hydroxyl groups is 1. The zero-order valence-electron chi connectivity index (χ0n) is 9.49. The lowest BCUT2D eigenvalue weighted by atomic mass is 10.2. The van der Waals surface area contributed by atoms with Crippen LogP contribution in [0, 0.1) is 0 Å². The second-order valence-electron chi connectivity index (χ2n) is 3.22. The Morgan fingerprint density at radius 2 is 2.00 bits per heavy atom. The number of carbonyl (C=O) groups excluding carboxylic acids is 1. The van der Waals surface area contributed by atoms with Crippen molar-refractivity contribution in [3.63, 3.8) is 0 Å². The molecular formula is C10H21NO4. The highest BCUT2D eigenvalue weighted by Gasteiger charge is 2.04. The van der Waals surface area contributed by atoms with E-state index < -0.39 is 0 Å². The molecule has 0 aliphatic heterocycles. The van der Waals surface area contributed by atoms with Gasteiger partial charge < -0.3 is 19.9 Å². The third-order valence-corrected chi connectivity index (χ3v) is 2.03. The fourth-order valence-electron chi connectivity index (χ4n) is 1.16. The van der Waals surface area contributed by atoms with Gasteiger partial charge in [-0.15, -0.1) is 0 Å². The summed E-state index contributed by atoms with van der Waals surface area (Å²) in [6.45, 7) is 0.677. The van der Waals surface area contributed by atoms with Crippen LogP contribution < -0.4 is 5.32 Å². The molecule has 0 aliphatic carbocycles. The van der Waals surface area contributed by atoms with Crippen molar-refractivity contribution in [2.75, 3.05) is 27.4 Å². The molecule has 0 rings (SSSR count).